The van der Waals surface area contributed by atoms with Crippen LogP contribution >= 0.6 is 0 Å². The fraction of sp³-hybridized carbons (Fsp3) is 0.529. The Morgan fingerprint density at radius 1 is 1.22 bits per heavy atom. The average molecular weight is 317 g/mol. The lowest BCUT2D eigenvalue weighted by molar-refractivity contribution is -0.151. The molecule has 0 spiro atoms. The van der Waals surface area contributed by atoms with Gasteiger partial charge in [-0.3, -0.25) is 4.79 Å². The first kappa shape index (κ1) is 15.8. The molecule has 2 aliphatic rings. The third-order valence-corrected chi connectivity index (χ3v) is 4.81. The highest BCUT2D eigenvalue weighted by atomic mass is 19.1. The van der Waals surface area contributed by atoms with Gasteiger partial charge in [-0.2, -0.15) is 5.26 Å². The minimum Gasteiger partial charge on any atom is -0.380 e. The first-order chi connectivity index (χ1) is 11.0. The molecule has 0 unspecified atom stereocenters. The van der Waals surface area contributed by atoms with Crippen molar-refractivity contribution in [1.82, 2.24) is 4.90 Å². The van der Waals surface area contributed by atoms with Crippen molar-refractivity contribution in [3.8, 4) is 6.07 Å². The molecule has 122 valence electrons. The number of nitrogens with zero attached hydrogens (tertiary/aromatic N) is 3. The van der Waals surface area contributed by atoms with Crippen molar-refractivity contribution in [2.45, 2.75) is 31.3 Å². The quantitative estimate of drug-likeness (QED) is 0.900. The summed E-state index contributed by atoms with van der Waals surface area (Å²) in [6.07, 6.45) is 2.85. The molecule has 1 aliphatic heterocycles. The van der Waals surface area contributed by atoms with Crippen molar-refractivity contribution < 1.29 is 14.3 Å². The number of piperazine rings is 1. The molecule has 6 heteroatoms. The largest absolute Gasteiger partial charge is 0.380 e. The molecule has 0 bridgehead atoms. The van der Waals surface area contributed by atoms with E-state index in [1.807, 2.05) is 11.0 Å². The number of carbonyl (C=O) groups excluding carboxylic acids is 1. The summed E-state index contributed by atoms with van der Waals surface area (Å²) >= 11 is 0. The van der Waals surface area contributed by atoms with Crippen molar-refractivity contribution in [2.75, 3.05) is 31.1 Å². The van der Waals surface area contributed by atoms with E-state index in [0.717, 1.165) is 12.8 Å². The predicted molar refractivity (Wildman–Crippen MR) is 83.3 cm³/mol. The fourth-order valence-corrected chi connectivity index (χ4v) is 3.45. The Morgan fingerprint density at radius 2 is 1.87 bits per heavy atom. The van der Waals surface area contributed by atoms with Gasteiger partial charge < -0.3 is 14.9 Å². The molecule has 1 heterocycles. The summed E-state index contributed by atoms with van der Waals surface area (Å²) in [5, 5.41) is 19.2. The first-order valence-electron chi connectivity index (χ1n) is 8.00. The van der Waals surface area contributed by atoms with Crippen LogP contribution in [0.5, 0.6) is 0 Å². The number of nitriles is 1. The lowest BCUT2D eigenvalue weighted by atomic mass is 10.00. The Balaban J connectivity index is 1.65. The van der Waals surface area contributed by atoms with Gasteiger partial charge in [0.2, 0.25) is 0 Å². The molecule has 1 aromatic carbocycles. The van der Waals surface area contributed by atoms with Crippen LogP contribution in [0.2, 0.25) is 0 Å². The monoisotopic (exact) mass is 317 g/mol. The molecule has 1 N–H and O–H groups in total. The van der Waals surface area contributed by atoms with Crippen LogP contribution in [0.4, 0.5) is 10.1 Å². The van der Waals surface area contributed by atoms with Crippen LogP contribution in [0, 0.1) is 17.1 Å². The third-order valence-electron chi connectivity index (χ3n) is 4.81. The molecule has 1 saturated carbocycles. The van der Waals surface area contributed by atoms with Gasteiger partial charge in [0, 0.05) is 26.2 Å². The van der Waals surface area contributed by atoms with Crippen LogP contribution in [0.25, 0.3) is 0 Å². The zero-order chi connectivity index (χ0) is 16.4. The molecule has 1 amide bonds. The Kier molecular flexibility index (Phi) is 4.22. The van der Waals surface area contributed by atoms with E-state index in [4.69, 9.17) is 5.26 Å². The van der Waals surface area contributed by atoms with E-state index >= 15 is 0 Å². The van der Waals surface area contributed by atoms with Crippen LogP contribution in [-0.4, -0.2) is 47.7 Å². The number of aliphatic hydroxyl groups is 1. The standard InChI is InChI=1S/C17H20FN3O2/c18-14-11-13(12-19)3-4-15(14)20-7-9-21(10-8-20)16(22)17(23)5-1-2-6-17/h3-4,11,23H,1-2,5-10H2. The number of hydrogen-bond donors (Lipinski definition) is 1. The van der Waals surface area contributed by atoms with E-state index < -0.39 is 11.4 Å². The van der Waals surface area contributed by atoms with Gasteiger partial charge >= 0.3 is 0 Å². The van der Waals surface area contributed by atoms with Crippen molar-refractivity contribution >= 4 is 11.6 Å². The molecule has 5 nitrogen and oxygen atoms in total. The van der Waals surface area contributed by atoms with Crippen molar-refractivity contribution in [3.63, 3.8) is 0 Å². The van der Waals surface area contributed by atoms with Crippen LogP contribution < -0.4 is 4.90 Å². The summed E-state index contributed by atoms with van der Waals surface area (Å²) in [5.41, 5.74) is -0.443. The predicted octanol–water partition coefficient (Wildman–Crippen LogP) is 1.65. The summed E-state index contributed by atoms with van der Waals surface area (Å²) < 4.78 is 14.1. The number of rotatable bonds is 2. The molecule has 23 heavy (non-hydrogen) atoms. The Labute approximate surface area is 134 Å². The lowest BCUT2D eigenvalue weighted by Gasteiger charge is -2.39. The molecule has 3 rings (SSSR count). The molecular weight excluding hydrogens is 297 g/mol. The Morgan fingerprint density at radius 3 is 2.43 bits per heavy atom. The van der Waals surface area contributed by atoms with Crippen LogP contribution in [0.3, 0.4) is 0 Å². The number of halogens is 1. The summed E-state index contributed by atoms with van der Waals surface area (Å²) in [6, 6.07) is 6.35. The normalized spacial score (nSPS) is 20.4. The maximum atomic E-state index is 14.1. The van der Waals surface area contributed by atoms with E-state index in [0.29, 0.717) is 50.3 Å². The smallest absolute Gasteiger partial charge is 0.254 e. The summed E-state index contributed by atoms with van der Waals surface area (Å²) in [5.74, 6) is -0.604. The molecule has 0 aromatic heterocycles. The number of amides is 1. The second kappa shape index (κ2) is 6.17. The van der Waals surface area contributed by atoms with E-state index in [1.165, 1.54) is 6.07 Å². The third kappa shape index (κ3) is 3.02. The van der Waals surface area contributed by atoms with Crippen LogP contribution in [-0.2, 0) is 4.79 Å². The number of carbonyl (C=O) groups is 1. The van der Waals surface area contributed by atoms with E-state index in [2.05, 4.69) is 0 Å². The van der Waals surface area contributed by atoms with Gasteiger partial charge in [0.15, 0.2) is 0 Å². The summed E-state index contributed by atoms with van der Waals surface area (Å²) in [4.78, 5) is 16.0. The number of anilines is 1. The lowest BCUT2D eigenvalue weighted by Crippen LogP contribution is -2.55. The fourth-order valence-electron chi connectivity index (χ4n) is 3.45. The molecule has 1 saturated heterocycles. The highest BCUT2D eigenvalue weighted by Crippen LogP contribution is 2.32. The molecule has 0 radical (unpaired) electrons. The molecule has 2 fully saturated rings. The zero-order valence-corrected chi connectivity index (χ0v) is 13.0. The summed E-state index contributed by atoms with van der Waals surface area (Å²) in [6.45, 7) is 1.98. The second-order valence-electron chi connectivity index (χ2n) is 6.30. The number of hydrogen-bond acceptors (Lipinski definition) is 4. The van der Waals surface area contributed by atoms with Crippen molar-refractivity contribution in [2.24, 2.45) is 0 Å². The second-order valence-corrected chi connectivity index (χ2v) is 6.30. The van der Waals surface area contributed by atoms with Crippen molar-refractivity contribution in [1.29, 1.82) is 5.26 Å². The molecule has 0 atom stereocenters. The maximum absolute atomic E-state index is 14.1. The van der Waals surface area contributed by atoms with E-state index in [9.17, 15) is 14.3 Å². The van der Waals surface area contributed by atoms with Gasteiger partial charge in [0.25, 0.3) is 5.91 Å². The van der Waals surface area contributed by atoms with Gasteiger partial charge in [-0.05, 0) is 43.9 Å². The van der Waals surface area contributed by atoms with E-state index in [1.54, 1.807) is 17.0 Å². The zero-order valence-electron chi connectivity index (χ0n) is 13.0. The SMILES string of the molecule is N#Cc1ccc(N2CCN(C(=O)C3(O)CCCC3)CC2)c(F)c1. The molecule has 1 aliphatic carbocycles. The van der Waals surface area contributed by atoms with Gasteiger partial charge in [-0.25, -0.2) is 4.39 Å². The number of benzene rings is 1. The highest BCUT2D eigenvalue weighted by Gasteiger charge is 2.42. The van der Waals surface area contributed by atoms with Crippen molar-refractivity contribution in [3.05, 3.63) is 29.6 Å². The Bertz CT molecular complexity index is 642. The van der Waals surface area contributed by atoms with Gasteiger partial charge in [0.05, 0.1) is 17.3 Å². The molecule has 1 aromatic rings. The van der Waals surface area contributed by atoms with E-state index in [-0.39, 0.29) is 5.91 Å². The van der Waals surface area contributed by atoms with Gasteiger partial charge in [-0.15, -0.1) is 0 Å². The minimum atomic E-state index is -1.19. The average Bonchev–Trinajstić information content (AvgIpc) is 3.02. The Hall–Kier alpha value is -2.13. The van der Waals surface area contributed by atoms with Crippen LogP contribution in [0.15, 0.2) is 18.2 Å². The minimum absolute atomic E-state index is 0.185. The van der Waals surface area contributed by atoms with Gasteiger partial charge in [-0.1, -0.05) is 0 Å². The van der Waals surface area contributed by atoms with Crippen LogP contribution in [0.1, 0.15) is 31.2 Å². The molecular formula is C17H20FN3O2. The maximum Gasteiger partial charge on any atom is 0.254 e. The topological polar surface area (TPSA) is 67.6 Å². The highest BCUT2D eigenvalue weighted by molar-refractivity contribution is 5.85. The van der Waals surface area contributed by atoms with Gasteiger partial charge in [0.1, 0.15) is 11.4 Å². The first-order valence-corrected chi connectivity index (χ1v) is 8.00. The summed E-state index contributed by atoms with van der Waals surface area (Å²) in [7, 11) is 0.